The molecule has 2 fully saturated rings. The Balaban J connectivity index is 1.48. The van der Waals surface area contributed by atoms with Crippen LogP contribution in [0.2, 0.25) is 0 Å². The van der Waals surface area contributed by atoms with Crippen LogP contribution in [0.3, 0.4) is 0 Å². The van der Waals surface area contributed by atoms with Gasteiger partial charge >= 0.3 is 0 Å². The fourth-order valence-electron chi connectivity index (χ4n) is 3.57. The van der Waals surface area contributed by atoms with Gasteiger partial charge in [-0.15, -0.1) is 0 Å². The Kier molecular flexibility index (Phi) is 3.91. The molecule has 2 heterocycles. The number of aromatic nitrogens is 2. The van der Waals surface area contributed by atoms with Crippen molar-refractivity contribution in [2.45, 2.75) is 44.4 Å². The quantitative estimate of drug-likeness (QED) is 0.872. The van der Waals surface area contributed by atoms with Crippen LogP contribution >= 0.6 is 0 Å². The number of fused-ring (bicyclic) bond motifs is 1. The first-order valence-corrected chi connectivity index (χ1v) is 8.14. The second kappa shape index (κ2) is 6.18. The Morgan fingerprint density at radius 1 is 1.14 bits per heavy atom. The predicted octanol–water partition coefficient (Wildman–Crippen LogP) is 2.88. The molecule has 0 radical (unpaired) electrons. The molecular weight excluding hydrogens is 278 g/mol. The van der Waals surface area contributed by atoms with Crippen molar-refractivity contribution in [2.75, 3.05) is 13.2 Å². The Bertz CT molecular complexity index is 611. The molecule has 1 aromatic heterocycles. The van der Waals surface area contributed by atoms with E-state index in [4.69, 9.17) is 9.26 Å². The lowest BCUT2D eigenvalue weighted by molar-refractivity contribution is -0.0933. The average molecular weight is 299 g/mol. The van der Waals surface area contributed by atoms with Crippen LogP contribution in [-0.2, 0) is 11.3 Å². The smallest absolute Gasteiger partial charge is 0.241 e. The summed E-state index contributed by atoms with van der Waals surface area (Å²) in [5.41, 5.74) is 0.995. The number of ether oxygens (including phenoxy) is 1. The van der Waals surface area contributed by atoms with Crippen LogP contribution in [-0.4, -0.2) is 40.3 Å². The Hall–Kier alpha value is -1.72. The van der Waals surface area contributed by atoms with E-state index in [-0.39, 0.29) is 0 Å². The second-order valence-electron chi connectivity index (χ2n) is 6.11. The van der Waals surface area contributed by atoms with Crippen molar-refractivity contribution in [1.29, 1.82) is 0 Å². The van der Waals surface area contributed by atoms with E-state index >= 15 is 0 Å². The predicted molar refractivity (Wildman–Crippen MR) is 82.1 cm³/mol. The first-order valence-electron chi connectivity index (χ1n) is 8.14. The number of nitrogens with zero attached hydrogens (tertiary/aromatic N) is 3. The van der Waals surface area contributed by atoms with Crippen LogP contribution in [0, 0.1) is 0 Å². The summed E-state index contributed by atoms with van der Waals surface area (Å²) in [5.74, 6) is 1.37. The molecule has 1 saturated carbocycles. The Morgan fingerprint density at radius 2 is 2.00 bits per heavy atom. The van der Waals surface area contributed by atoms with Crippen molar-refractivity contribution in [2.24, 2.45) is 0 Å². The zero-order valence-electron chi connectivity index (χ0n) is 12.6. The molecule has 1 aliphatic carbocycles. The normalized spacial score (nSPS) is 25.8. The highest BCUT2D eigenvalue weighted by Crippen LogP contribution is 2.29. The fourth-order valence-corrected chi connectivity index (χ4v) is 3.57. The maximum Gasteiger partial charge on any atom is 0.241 e. The monoisotopic (exact) mass is 299 g/mol. The number of morpholine rings is 1. The van der Waals surface area contributed by atoms with E-state index in [1.165, 1.54) is 25.7 Å². The summed E-state index contributed by atoms with van der Waals surface area (Å²) >= 11 is 0. The third kappa shape index (κ3) is 2.78. The number of rotatable bonds is 3. The second-order valence-corrected chi connectivity index (χ2v) is 6.11. The zero-order valence-corrected chi connectivity index (χ0v) is 12.6. The van der Waals surface area contributed by atoms with Gasteiger partial charge in [-0.1, -0.05) is 48.3 Å². The van der Waals surface area contributed by atoms with E-state index in [2.05, 4.69) is 15.0 Å². The molecular formula is C17H21N3O2. The summed E-state index contributed by atoms with van der Waals surface area (Å²) in [5, 5.41) is 4.11. The molecule has 22 heavy (non-hydrogen) atoms. The van der Waals surface area contributed by atoms with Crippen LogP contribution in [0.15, 0.2) is 34.9 Å². The SMILES string of the molecule is c1ccc(-c2noc(CN3CCO[C@H]4CCCC[C@H]43)n2)cc1. The van der Waals surface area contributed by atoms with Crippen LogP contribution in [0.5, 0.6) is 0 Å². The molecule has 116 valence electrons. The van der Waals surface area contributed by atoms with Gasteiger partial charge in [0.05, 0.1) is 19.3 Å². The summed E-state index contributed by atoms with van der Waals surface area (Å²) in [4.78, 5) is 7.01. The highest BCUT2D eigenvalue weighted by Gasteiger charge is 2.34. The van der Waals surface area contributed by atoms with Crippen molar-refractivity contribution in [1.82, 2.24) is 15.0 Å². The highest BCUT2D eigenvalue weighted by molar-refractivity contribution is 5.53. The van der Waals surface area contributed by atoms with Crippen molar-refractivity contribution < 1.29 is 9.26 Å². The van der Waals surface area contributed by atoms with Crippen molar-refractivity contribution in [3.05, 3.63) is 36.2 Å². The van der Waals surface area contributed by atoms with E-state index in [0.717, 1.165) is 25.3 Å². The summed E-state index contributed by atoms with van der Waals surface area (Å²) in [6.45, 7) is 2.48. The molecule has 2 aromatic rings. The van der Waals surface area contributed by atoms with Gasteiger partial charge in [0.15, 0.2) is 0 Å². The Morgan fingerprint density at radius 3 is 2.91 bits per heavy atom. The van der Waals surface area contributed by atoms with Gasteiger partial charge in [-0.05, 0) is 12.8 Å². The standard InChI is InChI=1S/C17H21N3O2/c1-2-6-13(7-3-1)17-18-16(22-19-17)12-20-10-11-21-15-9-5-4-8-14(15)20/h1-3,6-7,14-15H,4-5,8-12H2/t14-,15+/m1/s1. The van der Waals surface area contributed by atoms with Gasteiger partial charge in [-0.3, -0.25) is 4.90 Å². The molecule has 1 aliphatic heterocycles. The first kappa shape index (κ1) is 13.9. The molecule has 1 saturated heterocycles. The van der Waals surface area contributed by atoms with E-state index in [1.54, 1.807) is 0 Å². The topological polar surface area (TPSA) is 51.4 Å². The molecule has 2 atom stereocenters. The molecule has 0 bridgehead atoms. The molecule has 1 aromatic carbocycles. The summed E-state index contributed by atoms with van der Waals surface area (Å²) in [6, 6.07) is 10.5. The molecule has 5 nitrogen and oxygen atoms in total. The van der Waals surface area contributed by atoms with Crippen LogP contribution in [0.25, 0.3) is 11.4 Å². The summed E-state index contributed by atoms with van der Waals surface area (Å²) in [6.07, 6.45) is 5.36. The minimum Gasteiger partial charge on any atom is -0.375 e. The van der Waals surface area contributed by atoms with Gasteiger partial charge in [0.1, 0.15) is 0 Å². The average Bonchev–Trinajstić information content (AvgIpc) is 3.05. The number of hydrogen-bond donors (Lipinski definition) is 0. The van der Waals surface area contributed by atoms with Crippen LogP contribution in [0.1, 0.15) is 31.6 Å². The maximum atomic E-state index is 5.92. The molecule has 0 spiro atoms. The molecule has 0 unspecified atom stereocenters. The van der Waals surface area contributed by atoms with Crippen molar-refractivity contribution in [3.8, 4) is 11.4 Å². The minimum absolute atomic E-state index is 0.388. The molecule has 2 aliphatic rings. The van der Waals surface area contributed by atoms with Gasteiger partial charge in [0.2, 0.25) is 11.7 Å². The Labute approximate surface area is 130 Å². The van der Waals surface area contributed by atoms with Gasteiger partial charge in [-0.25, -0.2) is 0 Å². The third-order valence-corrected chi connectivity index (χ3v) is 4.69. The van der Waals surface area contributed by atoms with E-state index in [1.807, 2.05) is 30.3 Å². The molecule has 4 rings (SSSR count). The lowest BCUT2D eigenvalue weighted by Gasteiger charge is -2.43. The number of benzene rings is 1. The zero-order chi connectivity index (χ0) is 14.8. The lowest BCUT2D eigenvalue weighted by atomic mass is 9.90. The van der Waals surface area contributed by atoms with E-state index < -0.39 is 0 Å². The van der Waals surface area contributed by atoms with E-state index in [0.29, 0.717) is 23.9 Å². The summed E-state index contributed by atoms with van der Waals surface area (Å²) < 4.78 is 11.4. The largest absolute Gasteiger partial charge is 0.375 e. The number of hydrogen-bond acceptors (Lipinski definition) is 5. The van der Waals surface area contributed by atoms with Gasteiger partial charge < -0.3 is 9.26 Å². The molecule has 0 N–H and O–H groups in total. The van der Waals surface area contributed by atoms with Crippen LogP contribution in [0.4, 0.5) is 0 Å². The van der Waals surface area contributed by atoms with Crippen molar-refractivity contribution >= 4 is 0 Å². The minimum atomic E-state index is 0.388. The van der Waals surface area contributed by atoms with Gasteiger partial charge in [-0.2, -0.15) is 4.98 Å². The summed E-state index contributed by atoms with van der Waals surface area (Å²) in [7, 11) is 0. The van der Waals surface area contributed by atoms with Gasteiger partial charge in [0, 0.05) is 18.2 Å². The van der Waals surface area contributed by atoms with Crippen molar-refractivity contribution in [3.63, 3.8) is 0 Å². The highest BCUT2D eigenvalue weighted by atomic mass is 16.5. The molecule has 0 amide bonds. The maximum absolute atomic E-state index is 5.92. The first-order chi connectivity index (χ1) is 10.9. The van der Waals surface area contributed by atoms with Gasteiger partial charge in [0.25, 0.3) is 0 Å². The van der Waals surface area contributed by atoms with Crippen LogP contribution < -0.4 is 0 Å². The lowest BCUT2D eigenvalue weighted by Crippen LogP contribution is -2.52. The third-order valence-electron chi connectivity index (χ3n) is 4.69. The van der Waals surface area contributed by atoms with E-state index in [9.17, 15) is 0 Å². The molecule has 5 heteroatoms. The fraction of sp³-hybridized carbons (Fsp3) is 0.529.